The first-order valence-electron chi connectivity index (χ1n) is 7.40. The van der Waals surface area contributed by atoms with Gasteiger partial charge in [-0.2, -0.15) is 0 Å². The van der Waals surface area contributed by atoms with Crippen LogP contribution in [-0.4, -0.2) is 29.1 Å². The zero-order chi connectivity index (χ0) is 16.8. The summed E-state index contributed by atoms with van der Waals surface area (Å²) in [4.78, 5) is 22.6. The SMILES string of the molecule is C[C@H](NC(=O)[C@H](N)Cc1ccc(-c2ccccc2)cc1)C(=O)O. The second-order valence-electron chi connectivity index (χ2n) is 5.44. The minimum absolute atomic E-state index is 0.354. The third kappa shape index (κ3) is 4.66. The van der Waals surface area contributed by atoms with Gasteiger partial charge in [0.1, 0.15) is 6.04 Å². The van der Waals surface area contributed by atoms with E-state index in [-0.39, 0.29) is 0 Å². The van der Waals surface area contributed by atoms with Crippen LogP contribution in [0.15, 0.2) is 54.6 Å². The molecule has 5 heteroatoms. The van der Waals surface area contributed by atoms with Gasteiger partial charge in [-0.05, 0) is 30.0 Å². The zero-order valence-corrected chi connectivity index (χ0v) is 12.9. The van der Waals surface area contributed by atoms with Gasteiger partial charge >= 0.3 is 5.97 Å². The number of hydrogen-bond acceptors (Lipinski definition) is 3. The van der Waals surface area contributed by atoms with Gasteiger partial charge in [0.05, 0.1) is 6.04 Å². The predicted octanol–water partition coefficient (Wildman–Crippen LogP) is 1.81. The molecule has 23 heavy (non-hydrogen) atoms. The average Bonchev–Trinajstić information content (AvgIpc) is 2.56. The highest BCUT2D eigenvalue weighted by Gasteiger charge is 2.19. The number of hydrogen-bond donors (Lipinski definition) is 3. The molecule has 0 radical (unpaired) electrons. The van der Waals surface area contributed by atoms with E-state index in [1.807, 2.05) is 54.6 Å². The predicted molar refractivity (Wildman–Crippen MR) is 88.8 cm³/mol. The maximum atomic E-state index is 11.9. The molecule has 0 heterocycles. The Kier molecular flexibility index (Phi) is 5.49. The second-order valence-corrected chi connectivity index (χ2v) is 5.44. The first-order chi connectivity index (χ1) is 11.0. The third-order valence-electron chi connectivity index (χ3n) is 3.58. The van der Waals surface area contributed by atoms with Crippen LogP contribution < -0.4 is 11.1 Å². The summed E-state index contributed by atoms with van der Waals surface area (Å²) in [7, 11) is 0. The largest absolute Gasteiger partial charge is 0.480 e. The van der Waals surface area contributed by atoms with E-state index in [4.69, 9.17) is 10.8 Å². The summed E-state index contributed by atoms with van der Waals surface area (Å²) in [5, 5.41) is 11.2. The van der Waals surface area contributed by atoms with Crippen molar-refractivity contribution in [2.75, 3.05) is 0 Å². The van der Waals surface area contributed by atoms with Gasteiger partial charge in [-0.3, -0.25) is 9.59 Å². The maximum absolute atomic E-state index is 11.9. The molecular weight excluding hydrogens is 292 g/mol. The number of carboxylic acid groups (broad SMARTS) is 1. The Hall–Kier alpha value is -2.66. The van der Waals surface area contributed by atoms with Crippen LogP contribution in [-0.2, 0) is 16.0 Å². The normalized spacial score (nSPS) is 13.1. The summed E-state index contributed by atoms with van der Waals surface area (Å²) in [6.45, 7) is 1.40. The van der Waals surface area contributed by atoms with Crippen LogP contribution in [0.4, 0.5) is 0 Å². The second kappa shape index (κ2) is 7.56. The molecule has 0 bridgehead atoms. The van der Waals surface area contributed by atoms with E-state index in [2.05, 4.69) is 5.32 Å². The van der Waals surface area contributed by atoms with E-state index in [0.29, 0.717) is 6.42 Å². The highest BCUT2D eigenvalue weighted by molar-refractivity contribution is 5.86. The van der Waals surface area contributed by atoms with Crippen molar-refractivity contribution in [3.05, 3.63) is 60.2 Å². The first-order valence-corrected chi connectivity index (χ1v) is 7.40. The molecule has 2 rings (SSSR count). The fraction of sp³-hybridized carbons (Fsp3) is 0.222. The average molecular weight is 312 g/mol. The van der Waals surface area contributed by atoms with E-state index < -0.39 is 24.0 Å². The van der Waals surface area contributed by atoms with E-state index in [1.165, 1.54) is 6.92 Å². The summed E-state index contributed by atoms with van der Waals surface area (Å²) in [5.74, 6) is -1.55. The minimum Gasteiger partial charge on any atom is -0.480 e. The molecule has 0 aromatic heterocycles. The number of benzene rings is 2. The Labute approximate surface area is 135 Å². The lowest BCUT2D eigenvalue weighted by atomic mass is 10.0. The van der Waals surface area contributed by atoms with Crippen LogP contribution in [0.5, 0.6) is 0 Å². The van der Waals surface area contributed by atoms with Crippen molar-refractivity contribution < 1.29 is 14.7 Å². The van der Waals surface area contributed by atoms with Gasteiger partial charge in [0, 0.05) is 0 Å². The molecular formula is C18H20N2O3. The van der Waals surface area contributed by atoms with Gasteiger partial charge in [0.2, 0.25) is 5.91 Å². The first kappa shape index (κ1) is 16.7. The number of rotatable bonds is 6. The van der Waals surface area contributed by atoms with Crippen LogP contribution in [0.2, 0.25) is 0 Å². The third-order valence-corrected chi connectivity index (χ3v) is 3.58. The number of carbonyl (C=O) groups excluding carboxylic acids is 1. The molecule has 0 spiro atoms. The maximum Gasteiger partial charge on any atom is 0.325 e. The van der Waals surface area contributed by atoms with E-state index in [0.717, 1.165) is 16.7 Å². The molecule has 0 saturated heterocycles. The van der Waals surface area contributed by atoms with Gasteiger partial charge < -0.3 is 16.2 Å². The highest BCUT2D eigenvalue weighted by Crippen LogP contribution is 2.19. The van der Waals surface area contributed by atoms with Crippen LogP contribution in [0.3, 0.4) is 0 Å². The van der Waals surface area contributed by atoms with Crippen LogP contribution >= 0.6 is 0 Å². The quantitative estimate of drug-likeness (QED) is 0.758. The fourth-order valence-electron chi connectivity index (χ4n) is 2.19. The lowest BCUT2D eigenvalue weighted by Gasteiger charge is -2.15. The van der Waals surface area contributed by atoms with E-state index in [9.17, 15) is 9.59 Å². The number of nitrogens with two attached hydrogens (primary N) is 1. The molecule has 0 aliphatic heterocycles. The molecule has 120 valence electrons. The van der Waals surface area contributed by atoms with Gasteiger partial charge in [-0.1, -0.05) is 54.6 Å². The molecule has 0 aliphatic rings. The smallest absolute Gasteiger partial charge is 0.325 e. The van der Waals surface area contributed by atoms with E-state index in [1.54, 1.807) is 0 Å². The monoisotopic (exact) mass is 312 g/mol. The Morgan fingerprint density at radius 1 is 1.04 bits per heavy atom. The Morgan fingerprint density at radius 2 is 1.61 bits per heavy atom. The Balaban J connectivity index is 1.98. The van der Waals surface area contributed by atoms with Crippen LogP contribution in [0.25, 0.3) is 11.1 Å². The molecule has 2 aromatic rings. The minimum atomic E-state index is -1.09. The molecule has 1 amide bonds. The summed E-state index contributed by atoms with van der Waals surface area (Å²) in [6, 6.07) is 16.1. The zero-order valence-electron chi connectivity index (χ0n) is 12.9. The van der Waals surface area contributed by atoms with Crippen molar-refractivity contribution in [3.63, 3.8) is 0 Å². The number of nitrogens with one attached hydrogen (secondary N) is 1. The van der Waals surface area contributed by atoms with Crippen molar-refractivity contribution in [2.24, 2.45) is 5.73 Å². The number of amides is 1. The van der Waals surface area contributed by atoms with Crippen molar-refractivity contribution in [3.8, 4) is 11.1 Å². The molecule has 4 N–H and O–H groups in total. The van der Waals surface area contributed by atoms with Crippen LogP contribution in [0.1, 0.15) is 12.5 Å². The lowest BCUT2D eigenvalue weighted by molar-refractivity contribution is -0.141. The summed E-state index contributed by atoms with van der Waals surface area (Å²) >= 11 is 0. The molecule has 5 nitrogen and oxygen atoms in total. The molecule has 2 aromatic carbocycles. The van der Waals surface area contributed by atoms with Crippen molar-refractivity contribution in [1.29, 1.82) is 0 Å². The topological polar surface area (TPSA) is 92.4 Å². The van der Waals surface area contributed by atoms with Crippen molar-refractivity contribution >= 4 is 11.9 Å². The summed E-state index contributed by atoms with van der Waals surface area (Å²) in [5.41, 5.74) is 8.98. The van der Waals surface area contributed by atoms with Gasteiger partial charge in [0.25, 0.3) is 0 Å². The Bertz CT molecular complexity index is 668. The lowest BCUT2D eigenvalue weighted by Crippen LogP contribution is -2.48. The molecule has 0 saturated carbocycles. The molecule has 2 atom stereocenters. The van der Waals surface area contributed by atoms with E-state index >= 15 is 0 Å². The number of carbonyl (C=O) groups is 2. The Morgan fingerprint density at radius 3 is 2.17 bits per heavy atom. The molecule has 0 aliphatic carbocycles. The molecule has 0 fully saturated rings. The standard InChI is InChI=1S/C18H20N2O3/c1-12(18(22)23)20-17(21)16(19)11-13-7-9-15(10-8-13)14-5-3-2-4-6-14/h2-10,12,16H,11,19H2,1H3,(H,20,21)(H,22,23)/t12-,16+/m0/s1. The number of carboxylic acids is 1. The van der Waals surface area contributed by atoms with Crippen LogP contribution in [0, 0.1) is 0 Å². The summed E-state index contributed by atoms with van der Waals surface area (Å²) in [6.07, 6.45) is 0.354. The molecule has 0 unspecified atom stereocenters. The van der Waals surface area contributed by atoms with Gasteiger partial charge in [0.15, 0.2) is 0 Å². The summed E-state index contributed by atoms with van der Waals surface area (Å²) < 4.78 is 0. The van der Waals surface area contributed by atoms with Gasteiger partial charge in [-0.25, -0.2) is 0 Å². The van der Waals surface area contributed by atoms with Crippen molar-refractivity contribution in [2.45, 2.75) is 25.4 Å². The number of aliphatic carboxylic acids is 1. The van der Waals surface area contributed by atoms with Crippen molar-refractivity contribution in [1.82, 2.24) is 5.32 Å². The fourth-order valence-corrected chi connectivity index (χ4v) is 2.19. The highest BCUT2D eigenvalue weighted by atomic mass is 16.4. The van der Waals surface area contributed by atoms with Gasteiger partial charge in [-0.15, -0.1) is 0 Å².